The predicted octanol–water partition coefficient (Wildman–Crippen LogP) is 3.50. The fourth-order valence-electron chi connectivity index (χ4n) is 1.04. The summed E-state index contributed by atoms with van der Waals surface area (Å²) >= 11 is 4.44. The number of benzene rings is 1. The quantitative estimate of drug-likeness (QED) is 0.741. The molecule has 0 spiro atoms. The van der Waals surface area contributed by atoms with Gasteiger partial charge in [0.25, 0.3) is 0 Å². The monoisotopic (exact) mass is 219 g/mol. The van der Waals surface area contributed by atoms with Gasteiger partial charge < -0.3 is 0 Å². The van der Waals surface area contributed by atoms with Crippen LogP contribution in [0, 0.1) is 0 Å². The molecule has 0 saturated heterocycles. The second-order valence-corrected chi connectivity index (χ2v) is 3.12. The van der Waals surface area contributed by atoms with Gasteiger partial charge in [-0.15, -0.1) is 0 Å². The molecule has 1 aromatic carbocycles. The van der Waals surface area contributed by atoms with Gasteiger partial charge in [0.05, 0.1) is 11.6 Å². The van der Waals surface area contributed by atoms with Crippen LogP contribution in [0.4, 0.5) is 13.2 Å². The van der Waals surface area contributed by atoms with Gasteiger partial charge in [0.2, 0.25) is 0 Å². The Labute approximate surface area is 85.1 Å². The first-order valence-corrected chi connectivity index (χ1v) is 4.31. The van der Waals surface area contributed by atoms with Crippen molar-refractivity contribution in [3.63, 3.8) is 0 Å². The van der Waals surface area contributed by atoms with Crippen LogP contribution in [-0.4, -0.2) is 0 Å². The Balaban J connectivity index is 3.07. The van der Waals surface area contributed by atoms with E-state index in [1.54, 1.807) is 13.0 Å². The number of halogens is 3. The highest BCUT2D eigenvalue weighted by Crippen LogP contribution is 2.31. The minimum Gasteiger partial charge on any atom is -0.212 e. The molecule has 0 bridgehead atoms. The van der Waals surface area contributed by atoms with E-state index in [4.69, 9.17) is 0 Å². The second-order valence-electron chi connectivity index (χ2n) is 2.90. The Morgan fingerprint density at radius 2 is 2.00 bits per heavy atom. The second kappa shape index (κ2) is 4.04. The molecule has 1 aromatic rings. The molecule has 1 rings (SSSR count). The maximum Gasteiger partial charge on any atom is 0.416 e. The molecule has 76 valence electrons. The van der Waals surface area contributed by atoms with Crippen LogP contribution in [0.25, 0.3) is 0 Å². The summed E-state index contributed by atoms with van der Waals surface area (Å²) in [6, 6.07) is 4.65. The molecule has 14 heavy (non-hydrogen) atoms. The van der Waals surface area contributed by atoms with Crippen LogP contribution in [0.5, 0.6) is 0 Å². The molecule has 0 radical (unpaired) electrons. The van der Waals surface area contributed by atoms with Crippen LogP contribution in [0.3, 0.4) is 0 Å². The average Bonchev–Trinajstić information content (AvgIpc) is 2.15. The Hall–Kier alpha value is -0.970. The molecule has 1 unspecified atom stereocenters. The Bertz CT molecular complexity index is 335. The average molecular weight is 219 g/mol. The first kappa shape index (κ1) is 11.1. The summed E-state index contributed by atoms with van der Waals surface area (Å²) in [5.41, 5.74) is -0.185. The van der Waals surface area contributed by atoms with Crippen molar-refractivity contribution < 1.29 is 13.2 Å². The standard InChI is InChI=1S/C9H8F3NS/c1-6(13-14)7-3-2-4-8(5-7)9(10,11)12/h2-6H,1H3. The third kappa shape index (κ3) is 2.51. The zero-order valence-electron chi connectivity index (χ0n) is 7.38. The van der Waals surface area contributed by atoms with E-state index in [0.717, 1.165) is 12.1 Å². The molecule has 0 aromatic heterocycles. The fourth-order valence-corrected chi connectivity index (χ4v) is 1.16. The SMILES string of the molecule is CC(N=S)c1cccc(C(F)(F)F)c1. The molecule has 0 aliphatic carbocycles. The number of hydrogen-bond donors (Lipinski definition) is 0. The highest BCUT2D eigenvalue weighted by molar-refractivity contribution is 7.47. The largest absolute Gasteiger partial charge is 0.416 e. The summed E-state index contributed by atoms with van der Waals surface area (Å²) in [5, 5.41) is 0. The number of rotatable bonds is 2. The smallest absolute Gasteiger partial charge is 0.212 e. The molecule has 0 aliphatic rings. The van der Waals surface area contributed by atoms with Gasteiger partial charge in [0.1, 0.15) is 0 Å². The van der Waals surface area contributed by atoms with Crippen molar-refractivity contribution in [1.82, 2.24) is 0 Å². The normalized spacial score (nSPS) is 13.7. The van der Waals surface area contributed by atoms with Crippen molar-refractivity contribution in [2.45, 2.75) is 19.1 Å². The topological polar surface area (TPSA) is 12.4 Å². The van der Waals surface area contributed by atoms with E-state index in [0.29, 0.717) is 5.56 Å². The lowest BCUT2D eigenvalue weighted by Gasteiger charge is -2.09. The molecule has 1 nitrogen and oxygen atoms in total. The molecule has 0 saturated carbocycles. The Morgan fingerprint density at radius 1 is 1.36 bits per heavy atom. The lowest BCUT2D eigenvalue weighted by Crippen LogP contribution is -2.05. The Morgan fingerprint density at radius 3 is 2.50 bits per heavy atom. The van der Waals surface area contributed by atoms with Gasteiger partial charge in [-0.05, 0) is 24.6 Å². The summed E-state index contributed by atoms with van der Waals surface area (Å²) < 4.78 is 40.3. The highest BCUT2D eigenvalue weighted by atomic mass is 32.1. The van der Waals surface area contributed by atoms with Crippen molar-refractivity contribution in [3.05, 3.63) is 35.4 Å². The maximum atomic E-state index is 12.3. The first-order valence-electron chi connectivity index (χ1n) is 3.95. The third-order valence-electron chi connectivity index (χ3n) is 1.85. The molecule has 1 atom stereocenters. The van der Waals surface area contributed by atoms with Crippen LogP contribution < -0.4 is 0 Å². The number of nitrogens with zero attached hydrogens (tertiary/aromatic N) is 1. The maximum absolute atomic E-state index is 12.3. The lowest BCUT2D eigenvalue weighted by atomic mass is 10.1. The van der Waals surface area contributed by atoms with E-state index < -0.39 is 11.7 Å². The van der Waals surface area contributed by atoms with Crippen LogP contribution in [0.15, 0.2) is 28.6 Å². The van der Waals surface area contributed by atoms with Crippen molar-refractivity contribution in [1.29, 1.82) is 0 Å². The summed E-state index contributed by atoms with van der Waals surface area (Å²) in [6.45, 7) is 1.66. The van der Waals surface area contributed by atoms with E-state index in [1.807, 2.05) is 0 Å². The minimum atomic E-state index is -4.31. The summed E-state index contributed by atoms with van der Waals surface area (Å²) in [4.78, 5) is 0. The number of hydrogen-bond acceptors (Lipinski definition) is 2. The van der Waals surface area contributed by atoms with Gasteiger partial charge in [-0.3, -0.25) is 0 Å². The minimum absolute atomic E-state index is 0.382. The van der Waals surface area contributed by atoms with Crippen molar-refractivity contribution >= 4 is 12.4 Å². The van der Waals surface area contributed by atoms with Crippen molar-refractivity contribution in [2.75, 3.05) is 0 Å². The van der Waals surface area contributed by atoms with Crippen molar-refractivity contribution in [2.24, 2.45) is 4.36 Å². The first-order chi connectivity index (χ1) is 6.45. The lowest BCUT2D eigenvalue weighted by molar-refractivity contribution is -0.137. The molecular weight excluding hydrogens is 211 g/mol. The molecule has 5 heteroatoms. The van der Waals surface area contributed by atoms with E-state index in [-0.39, 0.29) is 6.04 Å². The van der Waals surface area contributed by atoms with Gasteiger partial charge in [0, 0.05) is 12.4 Å². The molecular formula is C9H8F3NS. The molecule has 0 amide bonds. The molecule has 0 N–H and O–H groups in total. The van der Waals surface area contributed by atoms with Crippen LogP contribution in [-0.2, 0) is 18.6 Å². The summed E-state index contributed by atoms with van der Waals surface area (Å²) in [6.07, 6.45) is -4.31. The van der Waals surface area contributed by atoms with E-state index in [1.165, 1.54) is 6.07 Å². The highest BCUT2D eigenvalue weighted by Gasteiger charge is 2.30. The van der Waals surface area contributed by atoms with Gasteiger partial charge >= 0.3 is 6.18 Å². The van der Waals surface area contributed by atoms with E-state index in [2.05, 4.69) is 16.8 Å². The molecule has 0 fully saturated rings. The van der Waals surface area contributed by atoms with Gasteiger partial charge in [-0.25, -0.2) is 4.36 Å². The molecule has 0 heterocycles. The van der Waals surface area contributed by atoms with E-state index >= 15 is 0 Å². The predicted molar refractivity (Wildman–Crippen MR) is 49.7 cm³/mol. The summed E-state index contributed by atoms with van der Waals surface area (Å²) in [5.74, 6) is 0. The van der Waals surface area contributed by atoms with Crippen molar-refractivity contribution in [3.8, 4) is 0 Å². The van der Waals surface area contributed by atoms with Crippen LogP contribution >= 0.6 is 0 Å². The van der Waals surface area contributed by atoms with Gasteiger partial charge in [-0.2, -0.15) is 13.2 Å². The molecule has 0 aliphatic heterocycles. The fraction of sp³-hybridized carbons (Fsp3) is 0.333. The summed E-state index contributed by atoms with van der Waals surface area (Å²) in [7, 11) is 0. The van der Waals surface area contributed by atoms with Gasteiger partial charge in [0.15, 0.2) is 0 Å². The zero-order chi connectivity index (χ0) is 10.8. The zero-order valence-corrected chi connectivity index (χ0v) is 8.19. The van der Waals surface area contributed by atoms with Crippen LogP contribution in [0.2, 0.25) is 0 Å². The van der Waals surface area contributed by atoms with Gasteiger partial charge in [-0.1, -0.05) is 12.1 Å². The third-order valence-corrected chi connectivity index (χ3v) is 2.17. The Kier molecular flexibility index (Phi) is 3.21. The number of alkyl halides is 3. The van der Waals surface area contributed by atoms with E-state index in [9.17, 15) is 13.2 Å². The van der Waals surface area contributed by atoms with Crippen LogP contribution in [0.1, 0.15) is 24.1 Å².